The van der Waals surface area contributed by atoms with Crippen molar-refractivity contribution in [3.63, 3.8) is 0 Å². The van der Waals surface area contributed by atoms with Crippen molar-refractivity contribution < 1.29 is 14.1 Å². The normalized spacial score (nSPS) is 11.0. The van der Waals surface area contributed by atoms with Crippen molar-refractivity contribution in [1.82, 2.24) is 0 Å². The third kappa shape index (κ3) is 2.86. The highest BCUT2D eigenvalue weighted by Crippen LogP contribution is 2.31. The number of hydrogen-bond acceptors (Lipinski definition) is 5. The Morgan fingerprint density at radius 1 is 1.41 bits per heavy atom. The van der Waals surface area contributed by atoms with Crippen LogP contribution in [-0.4, -0.2) is 10.8 Å². The van der Waals surface area contributed by atoms with Crippen LogP contribution in [-0.2, 0) is 4.79 Å². The van der Waals surface area contributed by atoms with Gasteiger partial charge in [0.05, 0.1) is 4.92 Å². The van der Waals surface area contributed by atoms with Gasteiger partial charge in [-0.2, -0.15) is 5.26 Å². The molecule has 110 valence electrons. The molecular weight excluding hydrogens is 286 g/mol. The first-order valence-electron chi connectivity index (χ1n) is 6.20. The Morgan fingerprint density at radius 3 is 2.73 bits per heavy atom. The molecule has 1 heterocycles. The van der Waals surface area contributed by atoms with Gasteiger partial charge in [0.2, 0.25) is 0 Å². The van der Waals surface area contributed by atoms with E-state index in [-0.39, 0.29) is 17.0 Å². The van der Waals surface area contributed by atoms with Crippen LogP contribution in [0.25, 0.3) is 17.4 Å². The van der Waals surface area contributed by atoms with Gasteiger partial charge < -0.3 is 10.2 Å². The van der Waals surface area contributed by atoms with Crippen molar-refractivity contribution in [2.75, 3.05) is 0 Å². The van der Waals surface area contributed by atoms with Crippen molar-refractivity contribution in [2.24, 2.45) is 5.73 Å². The number of furan rings is 1. The smallest absolute Gasteiger partial charge is 0.273 e. The van der Waals surface area contributed by atoms with Gasteiger partial charge in [-0.05, 0) is 19.1 Å². The zero-order valence-electron chi connectivity index (χ0n) is 11.6. The van der Waals surface area contributed by atoms with Crippen molar-refractivity contribution in [3.8, 4) is 17.4 Å². The molecule has 0 fully saturated rings. The molecule has 0 atom stereocenters. The Balaban J connectivity index is 2.46. The van der Waals surface area contributed by atoms with Crippen molar-refractivity contribution in [1.29, 1.82) is 5.26 Å². The molecule has 1 amide bonds. The number of primary amides is 1. The summed E-state index contributed by atoms with van der Waals surface area (Å²) in [5.74, 6) is -0.197. The first-order chi connectivity index (χ1) is 10.4. The zero-order valence-corrected chi connectivity index (χ0v) is 11.6. The van der Waals surface area contributed by atoms with Crippen LogP contribution in [0.3, 0.4) is 0 Å². The molecule has 7 heteroatoms. The number of nitro benzene ring substituents is 1. The Bertz CT molecular complexity index is 828. The Labute approximate surface area is 125 Å². The quantitative estimate of drug-likeness (QED) is 0.402. The molecule has 2 aromatic rings. The fourth-order valence-electron chi connectivity index (χ4n) is 1.96. The molecule has 1 aromatic heterocycles. The Morgan fingerprint density at radius 2 is 2.14 bits per heavy atom. The molecule has 2 rings (SSSR count). The summed E-state index contributed by atoms with van der Waals surface area (Å²) < 4.78 is 5.51. The van der Waals surface area contributed by atoms with E-state index in [4.69, 9.17) is 15.4 Å². The first-order valence-corrected chi connectivity index (χ1v) is 6.20. The van der Waals surface area contributed by atoms with E-state index in [2.05, 4.69) is 0 Å². The molecule has 0 aliphatic heterocycles. The van der Waals surface area contributed by atoms with Crippen molar-refractivity contribution in [3.05, 3.63) is 57.3 Å². The van der Waals surface area contributed by atoms with Gasteiger partial charge in [-0.1, -0.05) is 12.1 Å². The van der Waals surface area contributed by atoms with E-state index in [0.29, 0.717) is 16.9 Å². The van der Waals surface area contributed by atoms with Crippen LogP contribution in [0, 0.1) is 28.4 Å². The number of rotatable bonds is 4. The molecular formula is C15H11N3O4. The van der Waals surface area contributed by atoms with Crippen molar-refractivity contribution in [2.45, 2.75) is 6.92 Å². The Kier molecular flexibility index (Phi) is 4.04. The van der Waals surface area contributed by atoms with Gasteiger partial charge in [-0.15, -0.1) is 0 Å². The fourth-order valence-corrected chi connectivity index (χ4v) is 1.96. The topological polar surface area (TPSA) is 123 Å². The van der Waals surface area contributed by atoms with Crippen LogP contribution in [0.1, 0.15) is 11.3 Å². The first kappa shape index (κ1) is 15.0. The standard InChI is InChI=1S/C15H11N3O4/c1-9-12(3-2-4-13(9)18(20)21)14-6-5-11(22-14)7-10(8-16)15(17)19/h2-7H,1H3,(H2,17,19)/b10-7-. The lowest BCUT2D eigenvalue weighted by atomic mass is 10.1. The number of benzene rings is 1. The number of nitro groups is 1. The lowest BCUT2D eigenvalue weighted by Crippen LogP contribution is -2.12. The third-order valence-corrected chi connectivity index (χ3v) is 3.07. The SMILES string of the molecule is Cc1c(-c2ccc(/C=C(/C#N)C(N)=O)o2)cccc1[N+](=O)[O-]. The minimum atomic E-state index is -0.855. The van der Waals surface area contributed by atoms with E-state index >= 15 is 0 Å². The second kappa shape index (κ2) is 5.93. The maximum atomic E-state index is 11.0. The van der Waals surface area contributed by atoms with Gasteiger partial charge in [0.15, 0.2) is 0 Å². The highest BCUT2D eigenvalue weighted by atomic mass is 16.6. The molecule has 0 unspecified atom stereocenters. The zero-order chi connectivity index (χ0) is 16.3. The fraction of sp³-hybridized carbons (Fsp3) is 0.0667. The number of hydrogen-bond donors (Lipinski definition) is 1. The van der Waals surface area contributed by atoms with Crippen LogP contribution >= 0.6 is 0 Å². The molecule has 1 aromatic carbocycles. The van der Waals surface area contributed by atoms with Crippen LogP contribution in [0.15, 0.2) is 40.3 Å². The average molecular weight is 297 g/mol. The minimum absolute atomic E-state index is 0.0131. The van der Waals surface area contributed by atoms with Gasteiger partial charge in [0, 0.05) is 23.3 Å². The van der Waals surface area contributed by atoms with E-state index in [1.54, 1.807) is 37.3 Å². The predicted octanol–water partition coefficient (Wildman–Crippen LogP) is 2.56. The summed E-state index contributed by atoms with van der Waals surface area (Å²) >= 11 is 0. The highest BCUT2D eigenvalue weighted by molar-refractivity contribution is 6.00. The maximum absolute atomic E-state index is 11.0. The van der Waals surface area contributed by atoms with E-state index in [1.165, 1.54) is 12.1 Å². The second-order valence-corrected chi connectivity index (χ2v) is 4.44. The summed E-state index contributed by atoms with van der Waals surface area (Å²) in [6.07, 6.45) is 1.22. The van der Waals surface area contributed by atoms with Gasteiger partial charge in [-0.25, -0.2) is 0 Å². The number of amides is 1. The number of carbonyl (C=O) groups is 1. The average Bonchev–Trinajstić information content (AvgIpc) is 2.92. The molecule has 0 aliphatic rings. The lowest BCUT2D eigenvalue weighted by Gasteiger charge is -2.03. The monoisotopic (exact) mass is 297 g/mol. The minimum Gasteiger partial charge on any atom is -0.457 e. The summed E-state index contributed by atoms with van der Waals surface area (Å²) in [5, 5.41) is 19.7. The van der Waals surface area contributed by atoms with Crippen LogP contribution in [0.4, 0.5) is 5.69 Å². The molecule has 2 N–H and O–H groups in total. The van der Waals surface area contributed by atoms with Crippen LogP contribution < -0.4 is 5.73 Å². The second-order valence-electron chi connectivity index (χ2n) is 4.44. The molecule has 0 radical (unpaired) electrons. The summed E-state index contributed by atoms with van der Waals surface area (Å²) in [7, 11) is 0. The van der Waals surface area contributed by atoms with E-state index < -0.39 is 10.8 Å². The van der Waals surface area contributed by atoms with Crippen molar-refractivity contribution >= 4 is 17.7 Å². The van der Waals surface area contributed by atoms with Crippen LogP contribution in [0.5, 0.6) is 0 Å². The molecule has 0 saturated carbocycles. The van der Waals surface area contributed by atoms with Crippen LogP contribution in [0.2, 0.25) is 0 Å². The molecule has 0 aliphatic carbocycles. The largest absolute Gasteiger partial charge is 0.457 e. The van der Waals surface area contributed by atoms with Gasteiger partial charge in [0.25, 0.3) is 11.6 Å². The number of carbonyl (C=O) groups excluding carboxylic acids is 1. The molecule has 0 saturated heterocycles. The van der Waals surface area contributed by atoms with E-state index in [1.807, 2.05) is 0 Å². The summed E-state index contributed by atoms with van der Waals surface area (Å²) in [5.41, 5.74) is 5.82. The highest BCUT2D eigenvalue weighted by Gasteiger charge is 2.16. The predicted molar refractivity (Wildman–Crippen MR) is 78.3 cm³/mol. The Hall–Kier alpha value is -3.40. The molecule has 22 heavy (non-hydrogen) atoms. The van der Waals surface area contributed by atoms with Gasteiger partial charge >= 0.3 is 0 Å². The number of nitriles is 1. The van der Waals surface area contributed by atoms with E-state index in [0.717, 1.165) is 0 Å². The van der Waals surface area contributed by atoms with Gasteiger partial charge in [-0.3, -0.25) is 14.9 Å². The molecule has 0 bridgehead atoms. The molecule has 0 spiro atoms. The lowest BCUT2D eigenvalue weighted by molar-refractivity contribution is -0.385. The summed E-state index contributed by atoms with van der Waals surface area (Å²) in [4.78, 5) is 21.5. The van der Waals surface area contributed by atoms with Gasteiger partial charge in [0.1, 0.15) is 23.2 Å². The number of nitrogens with two attached hydrogens (primary N) is 1. The maximum Gasteiger partial charge on any atom is 0.273 e. The summed E-state index contributed by atoms with van der Waals surface area (Å²) in [6.45, 7) is 1.62. The van der Waals surface area contributed by atoms with E-state index in [9.17, 15) is 14.9 Å². The number of nitrogens with zero attached hydrogens (tertiary/aromatic N) is 2. The summed E-state index contributed by atoms with van der Waals surface area (Å²) in [6, 6.07) is 9.48. The third-order valence-electron chi connectivity index (χ3n) is 3.07. The molecule has 7 nitrogen and oxygen atoms in total.